The van der Waals surface area contributed by atoms with Crippen LogP contribution in [-0.4, -0.2) is 99.9 Å². The van der Waals surface area contributed by atoms with Crippen molar-refractivity contribution in [1.82, 2.24) is 25.4 Å². The third kappa shape index (κ3) is 8.03. The number of pyridine rings is 1. The molecule has 0 saturated carbocycles. The minimum Gasteiger partial charge on any atom is -0.379 e. The second kappa shape index (κ2) is 13.4. The molecule has 31 heavy (non-hydrogen) atoms. The maximum absolute atomic E-state index is 5.51. The van der Waals surface area contributed by atoms with Gasteiger partial charge in [-0.15, -0.1) is 24.0 Å². The summed E-state index contributed by atoms with van der Waals surface area (Å²) in [4.78, 5) is 16.3. The molecule has 0 aliphatic carbocycles. The molecule has 1 atom stereocenters. The Hall–Kier alpha value is -1.17. The van der Waals surface area contributed by atoms with Crippen LogP contribution < -0.4 is 15.5 Å². The molecule has 0 radical (unpaired) electrons. The molecule has 2 N–H and O–H groups in total. The zero-order valence-corrected chi connectivity index (χ0v) is 21.8. The van der Waals surface area contributed by atoms with Crippen molar-refractivity contribution in [2.75, 3.05) is 78.0 Å². The number of nitrogens with one attached hydrogen (secondary N) is 2. The van der Waals surface area contributed by atoms with Crippen LogP contribution in [0.3, 0.4) is 0 Å². The largest absolute Gasteiger partial charge is 0.379 e. The number of morpholine rings is 1. The fourth-order valence-electron chi connectivity index (χ4n) is 4.05. The average Bonchev–Trinajstić information content (AvgIpc) is 2.77. The van der Waals surface area contributed by atoms with E-state index in [0.29, 0.717) is 18.5 Å². The molecule has 0 aromatic carbocycles. The number of ether oxygens (including phenoxy) is 1. The molecule has 1 unspecified atom stereocenters. The van der Waals surface area contributed by atoms with E-state index in [-0.39, 0.29) is 24.0 Å². The van der Waals surface area contributed by atoms with Gasteiger partial charge < -0.3 is 25.2 Å². The van der Waals surface area contributed by atoms with Gasteiger partial charge in [-0.3, -0.25) is 9.89 Å². The number of aromatic nitrogens is 1. The summed E-state index contributed by atoms with van der Waals surface area (Å²) in [5.41, 5.74) is 1.16. The van der Waals surface area contributed by atoms with Crippen LogP contribution >= 0.6 is 24.0 Å². The first-order valence-corrected chi connectivity index (χ1v) is 11.2. The fraction of sp³-hybridized carbons (Fsp3) is 0.727. The Morgan fingerprint density at radius 1 is 1.10 bits per heavy atom. The number of piperazine rings is 1. The molecular formula is C22H40IN7O. The van der Waals surface area contributed by atoms with Crippen LogP contribution in [0.1, 0.15) is 19.4 Å². The summed E-state index contributed by atoms with van der Waals surface area (Å²) >= 11 is 0. The van der Waals surface area contributed by atoms with Gasteiger partial charge in [-0.25, -0.2) is 4.98 Å². The summed E-state index contributed by atoms with van der Waals surface area (Å²) in [6.07, 6.45) is 1.97. The quantitative estimate of drug-likeness (QED) is 0.306. The van der Waals surface area contributed by atoms with Crippen molar-refractivity contribution >= 4 is 35.8 Å². The zero-order valence-electron chi connectivity index (χ0n) is 19.5. The molecule has 1 aromatic rings. The van der Waals surface area contributed by atoms with E-state index in [2.05, 4.69) is 68.3 Å². The number of aliphatic imine (C=N–C) groups is 1. The Morgan fingerprint density at radius 2 is 1.81 bits per heavy atom. The van der Waals surface area contributed by atoms with Gasteiger partial charge in [0.25, 0.3) is 0 Å². The summed E-state index contributed by atoms with van der Waals surface area (Å²) < 4.78 is 5.51. The summed E-state index contributed by atoms with van der Waals surface area (Å²) in [6, 6.07) is 4.76. The van der Waals surface area contributed by atoms with Crippen LogP contribution in [-0.2, 0) is 11.3 Å². The second-order valence-electron chi connectivity index (χ2n) is 8.58. The standard InChI is InChI=1S/C22H39N7O.HI/c1-18(2)20(28-11-13-30-14-12-28)17-26-22(23-3)25-16-19-5-6-21(24-15-19)29-9-7-27(4)8-10-29;/h5-6,15,18,20H,7-14,16-17H2,1-4H3,(H2,23,25,26);1H. The van der Waals surface area contributed by atoms with Gasteiger partial charge in [-0.2, -0.15) is 0 Å². The lowest BCUT2D eigenvalue weighted by Gasteiger charge is -2.37. The first-order valence-electron chi connectivity index (χ1n) is 11.2. The van der Waals surface area contributed by atoms with E-state index < -0.39 is 0 Å². The summed E-state index contributed by atoms with van der Waals surface area (Å²) in [6.45, 7) is 14.1. The number of guanidine groups is 1. The molecule has 3 rings (SSSR count). The highest BCUT2D eigenvalue weighted by atomic mass is 127. The Morgan fingerprint density at radius 3 is 2.39 bits per heavy atom. The number of halogens is 1. The predicted molar refractivity (Wildman–Crippen MR) is 139 cm³/mol. The molecule has 0 bridgehead atoms. The van der Waals surface area contributed by atoms with Gasteiger partial charge in [-0.05, 0) is 24.6 Å². The van der Waals surface area contributed by atoms with Gasteiger partial charge in [0, 0.05) is 71.6 Å². The van der Waals surface area contributed by atoms with E-state index in [4.69, 9.17) is 4.74 Å². The summed E-state index contributed by atoms with van der Waals surface area (Å²) in [7, 11) is 3.99. The first kappa shape index (κ1) is 26.1. The van der Waals surface area contributed by atoms with Gasteiger partial charge in [0.1, 0.15) is 5.82 Å². The number of likely N-dealkylation sites (N-methyl/N-ethyl adjacent to an activating group) is 1. The number of hydrogen-bond acceptors (Lipinski definition) is 6. The minimum absolute atomic E-state index is 0. The lowest BCUT2D eigenvalue weighted by molar-refractivity contribution is 0.00752. The molecule has 3 heterocycles. The van der Waals surface area contributed by atoms with Crippen LogP contribution in [0.2, 0.25) is 0 Å². The van der Waals surface area contributed by atoms with Crippen molar-refractivity contribution in [2.45, 2.75) is 26.4 Å². The fourth-order valence-corrected chi connectivity index (χ4v) is 4.05. The molecular weight excluding hydrogens is 505 g/mol. The smallest absolute Gasteiger partial charge is 0.191 e. The van der Waals surface area contributed by atoms with Crippen molar-refractivity contribution in [3.05, 3.63) is 23.9 Å². The third-order valence-electron chi connectivity index (χ3n) is 6.08. The SMILES string of the molecule is CN=C(NCc1ccc(N2CCN(C)CC2)nc1)NCC(C(C)C)N1CCOCC1.I. The van der Waals surface area contributed by atoms with Gasteiger partial charge >= 0.3 is 0 Å². The van der Waals surface area contributed by atoms with Crippen molar-refractivity contribution in [1.29, 1.82) is 0 Å². The van der Waals surface area contributed by atoms with Gasteiger partial charge in [-0.1, -0.05) is 19.9 Å². The molecule has 8 nitrogen and oxygen atoms in total. The van der Waals surface area contributed by atoms with E-state index in [1.54, 1.807) is 0 Å². The lowest BCUT2D eigenvalue weighted by Crippen LogP contribution is -2.52. The van der Waals surface area contributed by atoms with E-state index in [1.807, 2.05) is 13.2 Å². The molecule has 1 aromatic heterocycles. The number of nitrogens with zero attached hydrogens (tertiary/aromatic N) is 5. The minimum atomic E-state index is 0. The number of hydrogen-bond donors (Lipinski definition) is 2. The highest BCUT2D eigenvalue weighted by Gasteiger charge is 2.24. The van der Waals surface area contributed by atoms with Crippen molar-refractivity contribution in [3.8, 4) is 0 Å². The van der Waals surface area contributed by atoms with E-state index in [9.17, 15) is 0 Å². The van der Waals surface area contributed by atoms with Crippen LogP contribution in [0.5, 0.6) is 0 Å². The van der Waals surface area contributed by atoms with Crippen LogP contribution in [0.25, 0.3) is 0 Å². The van der Waals surface area contributed by atoms with Gasteiger partial charge in [0.15, 0.2) is 5.96 Å². The summed E-state index contributed by atoms with van der Waals surface area (Å²) in [5, 5.41) is 6.93. The molecule has 2 aliphatic heterocycles. The van der Waals surface area contributed by atoms with E-state index in [1.165, 1.54) is 0 Å². The average molecular weight is 546 g/mol. The number of rotatable bonds is 7. The highest BCUT2D eigenvalue weighted by Crippen LogP contribution is 2.14. The molecule has 2 aliphatic rings. The Balaban J connectivity index is 0.00000341. The molecule has 9 heteroatoms. The van der Waals surface area contributed by atoms with Crippen molar-refractivity contribution < 1.29 is 4.74 Å². The Bertz CT molecular complexity index is 656. The monoisotopic (exact) mass is 545 g/mol. The third-order valence-corrected chi connectivity index (χ3v) is 6.08. The normalized spacial score (nSPS) is 19.8. The van der Waals surface area contributed by atoms with Crippen LogP contribution in [0.4, 0.5) is 5.82 Å². The van der Waals surface area contributed by atoms with E-state index >= 15 is 0 Å². The molecule has 0 spiro atoms. The maximum Gasteiger partial charge on any atom is 0.191 e. The van der Waals surface area contributed by atoms with Crippen LogP contribution in [0.15, 0.2) is 23.3 Å². The zero-order chi connectivity index (χ0) is 21.3. The lowest BCUT2D eigenvalue weighted by atomic mass is 10.0. The second-order valence-corrected chi connectivity index (χ2v) is 8.58. The molecule has 2 fully saturated rings. The first-order chi connectivity index (χ1) is 14.6. The maximum atomic E-state index is 5.51. The molecule has 2 saturated heterocycles. The molecule has 176 valence electrons. The Labute approximate surface area is 204 Å². The predicted octanol–water partition coefficient (Wildman–Crippen LogP) is 1.47. The van der Waals surface area contributed by atoms with Crippen LogP contribution in [0, 0.1) is 5.92 Å². The van der Waals surface area contributed by atoms with E-state index in [0.717, 1.165) is 76.4 Å². The topological polar surface area (TPSA) is 68.3 Å². The molecule has 0 amide bonds. The van der Waals surface area contributed by atoms with Gasteiger partial charge in [0.2, 0.25) is 0 Å². The van der Waals surface area contributed by atoms with Crippen molar-refractivity contribution in [3.63, 3.8) is 0 Å². The van der Waals surface area contributed by atoms with Crippen molar-refractivity contribution in [2.24, 2.45) is 10.9 Å². The number of anilines is 1. The van der Waals surface area contributed by atoms with Gasteiger partial charge in [0.05, 0.1) is 13.2 Å². The summed E-state index contributed by atoms with van der Waals surface area (Å²) in [5.74, 6) is 2.47. The highest BCUT2D eigenvalue weighted by molar-refractivity contribution is 14.0. The Kier molecular flexibility index (Phi) is 11.3.